The molecule has 0 radical (unpaired) electrons. The van der Waals surface area contributed by atoms with E-state index in [0.717, 1.165) is 0 Å². The normalized spacial score (nSPS) is 15.9. The summed E-state index contributed by atoms with van der Waals surface area (Å²) in [6.07, 6.45) is 3.27. The van der Waals surface area contributed by atoms with E-state index in [2.05, 4.69) is 0 Å². The third-order valence-electron chi connectivity index (χ3n) is 3.19. The molecule has 7 heteroatoms. The Morgan fingerprint density at radius 3 is 1.62 bits per heavy atom. The van der Waals surface area contributed by atoms with Crippen LogP contribution in [0, 0.1) is 11.8 Å². The van der Waals surface area contributed by atoms with Crippen LogP contribution in [0.2, 0.25) is 0 Å². The van der Waals surface area contributed by atoms with E-state index < -0.39 is 9.71 Å². The minimum Gasteiger partial charge on any atom is -0.306 e. The van der Waals surface area contributed by atoms with Crippen LogP contribution < -0.4 is 21.8 Å². The number of nitrogens with zero attached hydrogens (tertiary/aromatic N) is 2. The average Bonchev–Trinajstić information content (AvgIpc) is 2.35. The standard InChI is InChI=1S/C14H19Cl3N2O2/c1-8(2)6-10-12(20)19(5)11(13(21)18(10)4)7-9(3)14(15,16)17/h6-9H,1-5H3/b10-6-,11-7+/t9-/m0/s1. The van der Waals surface area contributed by atoms with Gasteiger partial charge in [0, 0.05) is 20.0 Å². The highest BCUT2D eigenvalue weighted by Crippen LogP contribution is 2.35. The van der Waals surface area contributed by atoms with E-state index in [9.17, 15) is 9.59 Å². The van der Waals surface area contributed by atoms with Gasteiger partial charge in [-0.3, -0.25) is 9.59 Å². The fourth-order valence-electron chi connectivity index (χ4n) is 1.86. The second kappa shape index (κ2) is 6.59. The van der Waals surface area contributed by atoms with Gasteiger partial charge >= 0.3 is 0 Å². The first-order valence-electron chi connectivity index (χ1n) is 6.53. The molecule has 21 heavy (non-hydrogen) atoms. The van der Waals surface area contributed by atoms with Gasteiger partial charge in [0.05, 0.1) is 0 Å². The van der Waals surface area contributed by atoms with Crippen molar-refractivity contribution in [2.75, 3.05) is 0 Å². The highest BCUT2D eigenvalue weighted by atomic mass is 35.6. The fraction of sp³-hybridized carbons (Fsp3) is 0.571. The Balaban J connectivity index is 3.81. The Bertz CT molecular complexity index is 755. The molecule has 0 aliphatic heterocycles. The maximum absolute atomic E-state index is 12.4. The summed E-state index contributed by atoms with van der Waals surface area (Å²) in [7, 11) is 3.10. The predicted molar refractivity (Wildman–Crippen MR) is 89.4 cm³/mol. The summed E-state index contributed by atoms with van der Waals surface area (Å²) in [4.78, 5) is 24.8. The van der Waals surface area contributed by atoms with E-state index in [0.29, 0.717) is 5.35 Å². The van der Waals surface area contributed by atoms with Crippen molar-refractivity contribution >= 4 is 47.0 Å². The van der Waals surface area contributed by atoms with Crippen LogP contribution in [0.1, 0.15) is 20.8 Å². The molecule has 1 heterocycles. The molecule has 0 fully saturated rings. The Labute approximate surface area is 138 Å². The Kier molecular flexibility index (Phi) is 5.76. The van der Waals surface area contributed by atoms with Crippen molar-refractivity contribution in [1.82, 2.24) is 9.13 Å². The van der Waals surface area contributed by atoms with Gasteiger partial charge in [-0.05, 0) is 12.0 Å². The van der Waals surface area contributed by atoms with Crippen molar-refractivity contribution in [2.45, 2.75) is 24.6 Å². The summed E-state index contributed by atoms with van der Waals surface area (Å²) >= 11 is 17.4. The molecule has 0 bridgehead atoms. The number of aromatic nitrogens is 2. The van der Waals surface area contributed by atoms with E-state index in [4.69, 9.17) is 34.8 Å². The van der Waals surface area contributed by atoms with Crippen LogP contribution in [0.4, 0.5) is 0 Å². The van der Waals surface area contributed by atoms with Gasteiger partial charge in [0.1, 0.15) is 10.7 Å². The molecule has 0 aromatic carbocycles. The molecule has 0 aliphatic carbocycles. The lowest BCUT2D eigenvalue weighted by Gasteiger charge is -2.16. The minimum atomic E-state index is -1.54. The summed E-state index contributed by atoms with van der Waals surface area (Å²) in [6, 6.07) is 0. The molecule has 0 amide bonds. The molecule has 1 atom stereocenters. The van der Waals surface area contributed by atoms with Crippen LogP contribution in [0.5, 0.6) is 0 Å². The van der Waals surface area contributed by atoms with E-state index >= 15 is 0 Å². The molecule has 0 aliphatic rings. The molecule has 0 saturated heterocycles. The molecule has 0 saturated carbocycles. The Morgan fingerprint density at radius 2 is 1.29 bits per heavy atom. The quantitative estimate of drug-likeness (QED) is 0.753. The molecule has 4 nitrogen and oxygen atoms in total. The molecule has 0 unspecified atom stereocenters. The molecule has 0 spiro atoms. The summed E-state index contributed by atoms with van der Waals surface area (Å²) in [5.41, 5.74) is -0.557. The second-order valence-electron chi connectivity index (χ2n) is 5.41. The molecular formula is C14H19Cl3N2O2. The van der Waals surface area contributed by atoms with Crippen LogP contribution >= 0.6 is 34.8 Å². The van der Waals surface area contributed by atoms with Gasteiger partial charge in [0.15, 0.2) is 3.79 Å². The summed E-state index contributed by atoms with van der Waals surface area (Å²) in [5, 5.41) is 0.568. The highest BCUT2D eigenvalue weighted by molar-refractivity contribution is 6.68. The Hall–Kier alpha value is -0.710. The first-order chi connectivity index (χ1) is 9.46. The zero-order valence-corrected chi connectivity index (χ0v) is 14.9. The van der Waals surface area contributed by atoms with Gasteiger partial charge in [0.25, 0.3) is 11.1 Å². The van der Waals surface area contributed by atoms with Crippen LogP contribution in [0.25, 0.3) is 12.2 Å². The van der Waals surface area contributed by atoms with Gasteiger partial charge < -0.3 is 9.13 Å². The molecule has 1 aromatic rings. The second-order valence-corrected chi connectivity index (χ2v) is 7.78. The summed E-state index contributed by atoms with van der Waals surface area (Å²) in [5.74, 6) is -0.362. The lowest BCUT2D eigenvalue weighted by Crippen LogP contribution is -2.57. The smallest absolute Gasteiger partial charge is 0.274 e. The van der Waals surface area contributed by atoms with Gasteiger partial charge in [-0.2, -0.15) is 0 Å². The van der Waals surface area contributed by atoms with E-state index in [1.54, 1.807) is 27.1 Å². The van der Waals surface area contributed by atoms with Gasteiger partial charge in [-0.15, -0.1) is 0 Å². The van der Waals surface area contributed by atoms with Crippen molar-refractivity contribution < 1.29 is 0 Å². The third-order valence-corrected chi connectivity index (χ3v) is 4.22. The number of alkyl halides is 3. The van der Waals surface area contributed by atoms with Crippen LogP contribution in [-0.4, -0.2) is 12.9 Å². The van der Waals surface area contributed by atoms with E-state index in [-0.39, 0.29) is 22.4 Å². The third kappa shape index (κ3) is 4.15. The van der Waals surface area contributed by atoms with E-state index in [1.165, 1.54) is 15.2 Å². The number of hydrogen-bond acceptors (Lipinski definition) is 2. The van der Waals surface area contributed by atoms with Gasteiger partial charge in [-0.25, -0.2) is 0 Å². The predicted octanol–water partition coefficient (Wildman–Crippen LogP) is 1.31. The van der Waals surface area contributed by atoms with Crippen LogP contribution in [0.15, 0.2) is 9.59 Å². The summed E-state index contributed by atoms with van der Waals surface area (Å²) < 4.78 is 1.09. The number of rotatable bonds is 2. The fourth-order valence-corrected chi connectivity index (χ4v) is 2.05. The highest BCUT2D eigenvalue weighted by Gasteiger charge is 2.27. The van der Waals surface area contributed by atoms with E-state index in [1.807, 2.05) is 13.8 Å². The van der Waals surface area contributed by atoms with Gasteiger partial charge in [0.2, 0.25) is 0 Å². The lowest BCUT2D eigenvalue weighted by atomic mass is 10.2. The number of halogens is 3. The largest absolute Gasteiger partial charge is 0.306 e. The molecule has 1 aromatic heterocycles. The first kappa shape index (κ1) is 18.3. The molecular weight excluding hydrogens is 335 g/mol. The van der Waals surface area contributed by atoms with Crippen LogP contribution in [-0.2, 0) is 14.1 Å². The van der Waals surface area contributed by atoms with Crippen molar-refractivity contribution in [3.05, 3.63) is 31.4 Å². The maximum Gasteiger partial charge on any atom is 0.274 e. The van der Waals surface area contributed by atoms with Crippen LogP contribution in [0.3, 0.4) is 0 Å². The minimum absolute atomic E-state index is 0.151. The number of hydrogen-bond donors (Lipinski definition) is 0. The molecule has 0 N–H and O–H groups in total. The van der Waals surface area contributed by atoms with Gasteiger partial charge in [-0.1, -0.05) is 61.7 Å². The zero-order valence-electron chi connectivity index (χ0n) is 12.7. The monoisotopic (exact) mass is 352 g/mol. The molecule has 1 rings (SSSR count). The van der Waals surface area contributed by atoms with Crippen molar-refractivity contribution in [3.8, 4) is 0 Å². The zero-order chi connectivity index (χ0) is 16.5. The topological polar surface area (TPSA) is 44.0 Å². The Morgan fingerprint density at radius 1 is 0.905 bits per heavy atom. The maximum atomic E-state index is 12.4. The van der Waals surface area contributed by atoms with Crippen molar-refractivity contribution in [3.63, 3.8) is 0 Å². The van der Waals surface area contributed by atoms with Crippen molar-refractivity contribution in [1.29, 1.82) is 0 Å². The SMILES string of the molecule is CC(C)/C=c1/c(=O)n(C)/c(=C/[C@H](C)C(Cl)(Cl)Cl)c(=O)n1C. The average molecular weight is 354 g/mol. The summed E-state index contributed by atoms with van der Waals surface area (Å²) in [6.45, 7) is 5.55. The molecule has 118 valence electrons. The van der Waals surface area contributed by atoms with Crippen molar-refractivity contribution in [2.24, 2.45) is 25.9 Å². The lowest BCUT2D eigenvalue weighted by molar-refractivity contribution is 0.679. The first-order valence-corrected chi connectivity index (χ1v) is 7.66.